The molecule has 6 unspecified atom stereocenters. The minimum atomic E-state index is -5.56. The van der Waals surface area contributed by atoms with Gasteiger partial charge in [-0.1, -0.05) is 324 Å². The first-order valence-electron chi connectivity index (χ1n) is 43.0. The third-order valence-corrected chi connectivity index (χ3v) is 21.4. The Morgan fingerprint density at radius 1 is 0.400 bits per heavy atom. The van der Waals surface area contributed by atoms with Crippen molar-refractivity contribution in [2.24, 2.45) is 0 Å². The molecule has 2 amide bonds. The molecule has 0 aromatic rings. The van der Waals surface area contributed by atoms with E-state index < -0.39 is 143 Å². The van der Waals surface area contributed by atoms with Gasteiger partial charge in [-0.15, -0.1) is 0 Å². The molecule has 105 heavy (non-hydrogen) atoms. The maximum absolute atomic E-state index is 14.8. The van der Waals surface area contributed by atoms with E-state index in [4.69, 9.17) is 32.9 Å². The van der Waals surface area contributed by atoms with Gasteiger partial charge < -0.3 is 74.4 Å². The second kappa shape index (κ2) is 64.8. The summed E-state index contributed by atoms with van der Waals surface area (Å²) in [5.74, 6) is -3.45. The van der Waals surface area contributed by atoms with Gasteiger partial charge in [-0.05, 0) is 44.9 Å². The molecule has 0 aromatic heterocycles. The first-order chi connectivity index (χ1) is 50.8. The molecule has 0 radical (unpaired) electrons. The van der Waals surface area contributed by atoms with Crippen molar-refractivity contribution in [1.29, 1.82) is 0 Å². The zero-order chi connectivity index (χ0) is 77.0. The zero-order valence-corrected chi connectivity index (χ0v) is 67.5. The van der Waals surface area contributed by atoms with E-state index in [2.05, 4.69) is 45.3 Å². The Balaban J connectivity index is 2.52. The number of hydrogen-bond donors (Lipinski definition) is 9. The van der Waals surface area contributed by atoms with Crippen LogP contribution in [0.1, 0.15) is 401 Å². The van der Waals surface area contributed by atoms with Gasteiger partial charge in [0.15, 0.2) is 18.7 Å². The number of aliphatic hydroxyl groups excluding tert-OH is 5. The highest BCUT2D eigenvalue weighted by Crippen LogP contribution is 2.43. The van der Waals surface area contributed by atoms with Gasteiger partial charge in [0.25, 0.3) is 0 Å². The number of carbonyl (C=O) groups excluding carboxylic acids is 5. The number of phosphoric acid groups is 1. The van der Waals surface area contributed by atoms with Gasteiger partial charge in [-0.25, -0.2) is 4.57 Å². The third kappa shape index (κ3) is 50.6. The van der Waals surface area contributed by atoms with Crippen LogP contribution in [0.15, 0.2) is 0 Å². The van der Waals surface area contributed by atoms with E-state index in [1.165, 1.54) is 128 Å². The van der Waals surface area contributed by atoms with E-state index in [0.29, 0.717) is 51.4 Å². The number of unbranched alkanes of at least 4 members (excludes halogenated alkanes) is 44. The van der Waals surface area contributed by atoms with Crippen LogP contribution in [-0.2, 0) is 61.5 Å². The molecule has 0 bridgehead atoms. The largest absolute Gasteiger partial charge is 0.470 e. The molecule has 2 aliphatic heterocycles. The first kappa shape index (κ1) is 98.2. The predicted molar refractivity (Wildman–Crippen MR) is 413 cm³/mol. The molecular weight excluding hydrogens is 1360 g/mol. The van der Waals surface area contributed by atoms with Gasteiger partial charge in [0, 0.05) is 12.8 Å². The average Bonchev–Trinajstić information content (AvgIpc) is 0.781. The molecule has 23 heteroatoms. The molecule has 0 aromatic carbocycles. The van der Waals surface area contributed by atoms with Gasteiger partial charge in [0.05, 0.1) is 38.6 Å². The molecule has 0 aliphatic carbocycles. The van der Waals surface area contributed by atoms with E-state index in [0.717, 1.165) is 154 Å². The fraction of sp³-hybridized carbons (Fsp3) is 0.939. The van der Waals surface area contributed by atoms with Crippen LogP contribution in [0.25, 0.3) is 0 Å². The first-order valence-corrected chi connectivity index (χ1v) is 44.5. The molecule has 2 aliphatic rings. The summed E-state index contributed by atoms with van der Waals surface area (Å²) >= 11 is 0. The number of nitrogens with one attached hydrogen (secondary N) is 2. The second-order valence-corrected chi connectivity index (χ2v) is 31.9. The van der Waals surface area contributed by atoms with E-state index in [-0.39, 0.29) is 19.3 Å². The number of ether oxygens (including phenoxy) is 6. The van der Waals surface area contributed by atoms with Gasteiger partial charge in [-0.2, -0.15) is 0 Å². The number of hydrogen-bond acceptors (Lipinski definition) is 18. The lowest BCUT2D eigenvalue weighted by molar-refractivity contribution is -0.297. The van der Waals surface area contributed by atoms with Gasteiger partial charge in [0.2, 0.25) is 11.8 Å². The summed E-state index contributed by atoms with van der Waals surface area (Å²) in [6.07, 6.45) is 34.5. The van der Waals surface area contributed by atoms with Crippen molar-refractivity contribution in [3.8, 4) is 0 Å². The van der Waals surface area contributed by atoms with Crippen LogP contribution in [0, 0.1) is 0 Å². The van der Waals surface area contributed by atoms with Gasteiger partial charge in [-0.3, -0.25) is 28.5 Å². The highest BCUT2D eigenvalue weighted by Gasteiger charge is 2.53. The molecule has 2 heterocycles. The van der Waals surface area contributed by atoms with E-state index >= 15 is 0 Å². The predicted octanol–water partition coefficient (Wildman–Crippen LogP) is 17.0. The lowest BCUT2D eigenvalue weighted by atomic mass is 9.95. The summed E-state index contributed by atoms with van der Waals surface area (Å²) in [7, 11) is -5.56. The summed E-state index contributed by atoms with van der Waals surface area (Å²) in [6.45, 7) is 9.19. The third-order valence-electron chi connectivity index (χ3n) is 20.8. The van der Waals surface area contributed by atoms with Crippen molar-refractivity contribution in [1.82, 2.24) is 10.6 Å². The maximum atomic E-state index is 14.8. The highest BCUT2D eigenvalue weighted by molar-refractivity contribution is 7.46. The van der Waals surface area contributed by atoms with Crippen LogP contribution >= 0.6 is 7.82 Å². The Labute approximate surface area is 635 Å². The zero-order valence-electron chi connectivity index (χ0n) is 66.6. The number of aliphatic hydroxyl groups is 5. The van der Waals surface area contributed by atoms with Crippen molar-refractivity contribution in [3.63, 3.8) is 0 Å². The molecule has 9 N–H and O–H groups in total. The Kier molecular flexibility index (Phi) is 60.6. The SMILES string of the molecule is CCCCCCCCCCCCCC(=O)O[C@H](CCCCCCCCCCC)CC(=O)NC1C(OC(=O)C[C@@H](CCCCCCCCCCC)OC(=O)CCCCCCCCCCCCC)[C@@H](OP(=O)(O)O)C(CO)O[C@H]1OCC1O[C@H](O)C(NC(=O)C[C@H](O)CCCCCCCCCCC)C(O)[C@@H]1O. The average molecular weight is 1520 g/mol. The summed E-state index contributed by atoms with van der Waals surface area (Å²) in [5.41, 5.74) is 0. The minimum Gasteiger partial charge on any atom is -0.462 e. The molecule has 2 saturated heterocycles. The number of amides is 2. The Morgan fingerprint density at radius 3 is 1.12 bits per heavy atom. The van der Waals surface area contributed by atoms with E-state index in [1.54, 1.807) is 0 Å². The normalized spacial score (nSPS) is 21.4. The molecule has 2 rings (SSSR count). The quantitative estimate of drug-likeness (QED) is 0.0118. The van der Waals surface area contributed by atoms with E-state index in [1.807, 2.05) is 0 Å². The fourth-order valence-corrected chi connectivity index (χ4v) is 15.0. The maximum Gasteiger partial charge on any atom is 0.470 e. The number of phosphoric ester groups is 1. The fourth-order valence-electron chi connectivity index (χ4n) is 14.4. The Hall–Kier alpha value is -2.86. The summed E-state index contributed by atoms with van der Waals surface area (Å²) in [5, 5.41) is 61.3. The van der Waals surface area contributed by atoms with Crippen LogP contribution in [0.2, 0.25) is 0 Å². The Morgan fingerprint density at radius 2 is 0.743 bits per heavy atom. The van der Waals surface area contributed by atoms with Crippen LogP contribution in [0.4, 0.5) is 0 Å². The van der Waals surface area contributed by atoms with Crippen molar-refractivity contribution in [2.45, 2.75) is 480 Å². The summed E-state index contributed by atoms with van der Waals surface area (Å²) < 4.78 is 54.8. The van der Waals surface area contributed by atoms with E-state index in [9.17, 15) is 63.9 Å². The molecule has 2 fully saturated rings. The molecule has 0 spiro atoms. The smallest absolute Gasteiger partial charge is 0.462 e. The molecule has 22 nitrogen and oxygen atoms in total. The summed E-state index contributed by atoms with van der Waals surface area (Å²) in [6, 6.07) is -3.31. The van der Waals surface area contributed by atoms with Gasteiger partial charge >= 0.3 is 25.7 Å². The molecule has 618 valence electrons. The van der Waals surface area contributed by atoms with Crippen molar-refractivity contribution >= 4 is 37.5 Å². The standard InChI is InChI=1S/C82H155N2O20P/c1-6-11-16-21-26-31-33-38-43-48-53-58-72(89)99-66(56-51-46-41-36-29-24-19-14-9-4)61-71(88)84-76-80(103-74(91)62-67(57-52-47-42-37-30-25-20-15-10-5)100-73(90)59-54-49-44-39-34-32-27-22-17-12-7-2)79(104-105(95,96)97)68(63-85)102-82(76)98-64-69-77(92)78(93)75(81(94)101-69)83-70(87)60-65(86)55-50-45-40-35-28-23-18-13-8-3/h65-69,75-82,85-86,92-94H,6-64H2,1-5H3,(H,83,87)(H,84,88)(H2,95,96,97)/t65-,66-,67-,68?,69?,75?,76?,77-,78?,79+,80?,81+,82-/m1/s1. The molecular formula is C82H155N2O20P. The van der Waals surface area contributed by atoms with Crippen LogP contribution < -0.4 is 10.6 Å². The number of carbonyl (C=O) groups is 5. The van der Waals surface area contributed by atoms with Crippen LogP contribution in [0.5, 0.6) is 0 Å². The summed E-state index contributed by atoms with van der Waals surface area (Å²) in [4.78, 5) is 91.0. The number of esters is 3. The second-order valence-electron chi connectivity index (χ2n) is 30.7. The van der Waals surface area contributed by atoms with Gasteiger partial charge in [0.1, 0.15) is 54.8 Å². The monoisotopic (exact) mass is 1520 g/mol. The Bertz CT molecular complexity index is 2180. The molecule has 13 atom stereocenters. The van der Waals surface area contributed by atoms with Crippen molar-refractivity contribution < 1.29 is 96.8 Å². The van der Waals surface area contributed by atoms with Crippen LogP contribution in [-0.4, -0.2) is 158 Å². The topological polar surface area (TPSA) is 333 Å². The minimum absolute atomic E-state index is 0.130. The lowest BCUT2D eigenvalue weighted by Crippen LogP contribution is -2.67. The highest BCUT2D eigenvalue weighted by atomic mass is 31.2. The number of rotatable bonds is 71. The van der Waals surface area contributed by atoms with Crippen molar-refractivity contribution in [2.75, 3.05) is 13.2 Å². The van der Waals surface area contributed by atoms with Crippen LogP contribution in [0.3, 0.4) is 0 Å². The lowest BCUT2D eigenvalue weighted by Gasteiger charge is -2.46. The van der Waals surface area contributed by atoms with Crippen molar-refractivity contribution in [3.05, 3.63) is 0 Å². The molecule has 0 saturated carbocycles.